The zero-order chi connectivity index (χ0) is 14.7. The maximum absolute atomic E-state index is 5.63. The Morgan fingerprint density at radius 3 is 2.71 bits per heavy atom. The summed E-state index contributed by atoms with van der Waals surface area (Å²) >= 11 is 0. The molecular formula is C17H20N2O2. The number of hydrogen-bond donors (Lipinski definition) is 1. The van der Waals surface area contributed by atoms with E-state index in [1.165, 1.54) is 11.1 Å². The highest BCUT2D eigenvalue weighted by molar-refractivity contribution is 5.44. The number of fused-ring (bicyclic) bond motifs is 1. The van der Waals surface area contributed by atoms with E-state index in [4.69, 9.17) is 9.47 Å². The van der Waals surface area contributed by atoms with Gasteiger partial charge < -0.3 is 14.8 Å². The highest BCUT2D eigenvalue weighted by Gasteiger charge is 2.14. The predicted octanol–water partition coefficient (Wildman–Crippen LogP) is 3.01. The number of ether oxygens (including phenoxy) is 2. The second kappa shape index (κ2) is 6.14. The summed E-state index contributed by atoms with van der Waals surface area (Å²) in [5, 5.41) is 3.51. The van der Waals surface area contributed by atoms with Crippen molar-refractivity contribution in [2.24, 2.45) is 0 Å². The molecule has 0 saturated heterocycles. The van der Waals surface area contributed by atoms with Gasteiger partial charge in [0.25, 0.3) is 0 Å². The fraction of sp³-hybridized carbons (Fsp3) is 0.353. The normalized spacial score (nSPS) is 14.8. The summed E-state index contributed by atoms with van der Waals surface area (Å²) in [6.45, 7) is 6.18. The summed E-state index contributed by atoms with van der Waals surface area (Å²) in [5.74, 6) is 1.67. The van der Waals surface area contributed by atoms with E-state index in [2.05, 4.69) is 35.4 Å². The molecule has 0 fully saturated rings. The van der Waals surface area contributed by atoms with E-state index < -0.39 is 0 Å². The monoisotopic (exact) mass is 284 g/mol. The largest absolute Gasteiger partial charge is 0.486 e. The van der Waals surface area contributed by atoms with Crippen molar-refractivity contribution >= 4 is 0 Å². The third kappa shape index (κ3) is 3.34. The van der Waals surface area contributed by atoms with E-state index >= 15 is 0 Å². The average Bonchev–Trinajstić information content (AvgIpc) is 2.53. The average molecular weight is 284 g/mol. The summed E-state index contributed by atoms with van der Waals surface area (Å²) < 4.78 is 11.2. The van der Waals surface area contributed by atoms with E-state index in [-0.39, 0.29) is 6.04 Å². The van der Waals surface area contributed by atoms with E-state index in [0.29, 0.717) is 13.2 Å². The number of benzene rings is 1. The maximum Gasteiger partial charge on any atom is 0.161 e. The van der Waals surface area contributed by atoms with Gasteiger partial charge in [-0.05, 0) is 43.2 Å². The molecule has 1 atom stereocenters. The molecule has 1 N–H and O–H groups in total. The third-order valence-electron chi connectivity index (χ3n) is 3.65. The lowest BCUT2D eigenvalue weighted by Crippen LogP contribution is -2.19. The van der Waals surface area contributed by atoms with Crippen molar-refractivity contribution in [2.45, 2.75) is 26.4 Å². The molecule has 1 aromatic heterocycles. The number of aromatic nitrogens is 1. The summed E-state index contributed by atoms with van der Waals surface area (Å²) in [6, 6.07) is 10.5. The summed E-state index contributed by atoms with van der Waals surface area (Å²) in [5.41, 5.74) is 3.42. The van der Waals surface area contributed by atoms with Crippen molar-refractivity contribution in [2.75, 3.05) is 13.2 Å². The lowest BCUT2D eigenvalue weighted by molar-refractivity contribution is 0.171. The Hall–Kier alpha value is -2.07. The van der Waals surface area contributed by atoms with Crippen molar-refractivity contribution in [1.29, 1.82) is 0 Å². The first kappa shape index (κ1) is 13.9. The van der Waals surface area contributed by atoms with Gasteiger partial charge in [0.05, 0.1) is 0 Å². The van der Waals surface area contributed by atoms with Crippen LogP contribution in [0.15, 0.2) is 36.5 Å². The topological polar surface area (TPSA) is 43.4 Å². The zero-order valence-corrected chi connectivity index (χ0v) is 12.4. The van der Waals surface area contributed by atoms with Gasteiger partial charge in [-0.1, -0.05) is 12.1 Å². The van der Waals surface area contributed by atoms with Crippen molar-refractivity contribution in [3.63, 3.8) is 0 Å². The molecule has 4 heteroatoms. The fourth-order valence-corrected chi connectivity index (χ4v) is 2.32. The molecule has 4 nitrogen and oxygen atoms in total. The van der Waals surface area contributed by atoms with Crippen LogP contribution >= 0.6 is 0 Å². The first-order valence-corrected chi connectivity index (χ1v) is 7.27. The van der Waals surface area contributed by atoms with Crippen molar-refractivity contribution in [3.8, 4) is 11.5 Å². The standard InChI is InChI=1S/C17H20N2O2/c1-12-3-4-14(10-18-12)11-19-13(2)15-5-6-16-17(9-15)21-8-7-20-16/h3-6,9-10,13,19H,7-8,11H2,1-2H3. The number of aryl methyl sites for hydroxylation is 1. The molecule has 2 aromatic rings. The van der Waals surface area contributed by atoms with Crippen LogP contribution in [0, 0.1) is 6.92 Å². The Kier molecular flexibility index (Phi) is 4.06. The minimum atomic E-state index is 0.238. The number of nitrogens with zero attached hydrogens (tertiary/aromatic N) is 1. The molecule has 1 aromatic carbocycles. The molecule has 0 radical (unpaired) electrons. The molecule has 0 spiro atoms. The first-order chi connectivity index (χ1) is 10.2. The van der Waals surface area contributed by atoms with Crippen LogP contribution in [0.25, 0.3) is 0 Å². The number of nitrogens with one attached hydrogen (secondary N) is 1. The SMILES string of the molecule is Cc1ccc(CNC(C)c2ccc3c(c2)OCCO3)cn1. The highest BCUT2D eigenvalue weighted by Crippen LogP contribution is 2.32. The first-order valence-electron chi connectivity index (χ1n) is 7.27. The van der Waals surface area contributed by atoms with Crippen LogP contribution in [0.2, 0.25) is 0 Å². The van der Waals surface area contributed by atoms with Crippen LogP contribution in [0.5, 0.6) is 11.5 Å². The Labute approximate surface area is 125 Å². The van der Waals surface area contributed by atoms with Crippen LogP contribution in [0.1, 0.15) is 29.8 Å². The second-order valence-electron chi connectivity index (χ2n) is 5.31. The smallest absolute Gasteiger partial charge is 0.161 e. The molecule has 0 amide bonds. The van der Waals surface area contributed by atoms with E-state index in [1.54, 1.807) is 0 Å². The van der Waals surface area contributed by atoms with Gasteiger partial charge in [-0.2, -0.15) is 0 Å². The Balaban J connectivity index is 1.65. The van der Waals surface area contributed by atoms with Gasteiger partial charge in [0.2, 0.25) is 0 Å². The van der Waals surface area contributed by atoms with E-state index in [9.17, 15) is 0 Å². The molecule has 110 valence electrons. The highest BCUT2D eigenvalue weighted by atomic mass is 16.6. The van der Waals surface area contributed by atoms with Crippen molar-refractivity contribution in [1.82, 2.24) is 10.3 Å². The van der Waals surface area contributed by atoms with Gasteiger partial charge in [-0.15, -0.1) is 0 Å². The molecule has 1 aliphatic rings. The van der Waals surface area contributed by atoms with Gasteiger partial charge in [0.1, 0.15) is 13.2 Å². The van der Waals surface area contributed by atoms with Crippen molar-refractivity contribution < 1.29 is 9.47 Å². The molecule has 2 heterocycles. The molecule has 1 aliphatic heterocycles. The van der Waals surface area contributed by atoms with Crippen LogP contribution < -0.4 is 14.8 Å². The Morgan fingerprint density at radius 2 is 1.95 bits per heavy atom. The van der Waals surface area contributed by atoms with E-state index in [1.807, 2.05) is 25.3 Å². The molecule has 0 bridgehead atoms. The minimum Gasteiger partial charge on any atom is -0.486 e. The van der Waals surface area contributed by atoms with Crippen molar-refractivity contribution in [3.05, 3.63) is 53.3 Å². The molecule has 1 unspecified atom stereocenters. The Bertz CT molecular complexity index is 611. The summed E-state index contributed by atoms with van der Waals surface area (Å²) in [6.07, 6.45) is 1.92. The second-order valence-corrected chi connectivity index (χ2v) is 5.31. The lowest BCUT2D eigenvalue weighted by atomic mass is 10.1. The van der Waals surface area contributed by atoms with Gasteiger partial charge in [0.15, 0.2) is 11.5 Å². The zero-order valence-electron chi connectivity index (χ0n) is 12.4. The lowest BCUT2D eigenvalue weighted by Gasteiger charge is -2.21. The van der Waals surface area contributed by atoms with Crippen LogP contribution in [-0.2, 0) is 6.54 Å². The number of pyridine rings is 1. The molecule has 3 rings (SSSR count). The minimum absolute atomic E-state index is 0.238. The summed E-state index contributed by atoms with van der Waals surface area (Å²) in [4.78, 5) is 4.31. The molecule has 0 aliphatic carbocycles. The van der Waals surface area contributed by atoms with Gasteiger partial charge in [-0.3, -0.25) is 4.98 Å². The van der Waals surface area contributed by atoms with Gasteiger partial charge in [-0.25, -0.2) is 0 Å². The maximum atomic E-state index is 5.63. The third-order valence-corrected chi connectivity index (χ3v) is 3.65. The van der Waals surface area contributed by atoms with Crippen LogP contribution in [0.4, 0.5) is 0 Å². The fourth-order valence-electron chi connectivity index (χ4n) is 2.32. The Morgan fingerprint density at radius 1 is 1.14 bits per heavy atom. The van der Waals surface area contributed by atoms with Crippen LogP contribution in [-0.4, -0.2) is 18.2 Å². The number of rotatable bonds is 4. The van der Waals surface area contributed by atoms with Gasteiger partial charge >= 0.3 is 0 Å². The number of hydrogen-bond acceptors (Lipinski definition) is 4. The predicted molar refractivity (Wildman–Crippen MR) is 81.7 cm³/mol. The van der Waals surface area contributed by atoms with Gasteiger partial charge in [0, 0.05) is 24.5 Å². The summed E-state index contributed by atoms with van der Waals surface area (Å²) in [7, 11) is 0. The molecule has 0 saturated carbocycles. The molecule has 21 heavy (non-hydrogen) atoms. The van der Waals surface area contributed by atoms with Crippen LogP contribution in [0.3, 0.4) is 0 Å². The molecular weight excluding hydrogens is 264 g/mol. The van der Waals surface area contributed by atoms with E-state index in [0.717, 1.165) is 23.7 Å². The quantitative estimate of drug-likeness (QED) is 0.937.